The van der Waals surface area contributed by atoms with Crippen molar-refractivity contribution in [3.05, 3.63) is 77.9 Å². The molecule has 0 unspecified atom stereocenters. The number of nitrogens with one attached hydrogen (secondary N) is 2. The molecule has 1 heterocycles. The first-order chi connectivity index (χ1) is 18.0. The second-order valence-electron chi connectivity index (χ2n) is 7.66. The first kappa shape index (κ1) is 25.6. The molecule has 0 radical (unpaired) electrons. The van der Waals surface area contributed by atoms with Gasteiger partial charge in [0, 0.05) is 22.4 Å². The molecule has 0 aliphatic heterocycles. The van der Waals surface area contributed by atoms with Gasteiger partial charge in [0.2, 0.25) is 5.13 Å². The highest BCUT2D eigenvalue weighted by Gasteiger charge is 2.15. The summed E-state index contributed by atoms with van der Waals surface area (Å²) < 4.78 is 16.3. The summed E-state index contributed by atoms with van der Waals surface area (Å²) in [4.78, 5) is 25.7. The van der Waals surface area contributed by atoms with Crippen LogP contribution >= 0.6 is 11.3 Å². The lowest BCUT2D eigenvalue weighted by Gasteiger charge is -2.13. The molecule has 0 spiro atoms. The van der Waals surface area contributed by atoms with Gasteiger partial charge in [0.15, 0.2) is 11.5 Å². The van der Waals surface area contributed by atoms with Crippen LogP contribution in [0.2, 0.25) is 0 Å². The average Bonchev–Trinajstić information content (AvgIpc) is 3.38. The number of carbonyl (C=O) groups is 2. The van der Waals surface area contributed by atoms with E-state index in [1.165, 1.54) is 11.3 Å². The Morgan fingerprint density at radius 2 is 1.51 bits per heavy atom. The minimum Gasteiger partial charge on any atom is -0.497 e. The van der Waals surface area contributed by atoms with Crippen LogP contribution in [-0.4, -0.2) is 42.3 Å². The third kappa shape index (κ3) is 6.42. The number of rotatable bonds is 10. The van der Waals surface area contributed by atoms with Crippen molar-refractivity contribution in [2.75, 3.05) is 31.0 Å². The minimum atomic E-state index is -0.367. The van der Waals surface area contributed by atoms with Crippen molar-refractivity contribution >= 4 is 34.0 Å². The molecule has 0 fully saturated rings. The Hall–Kier alpha value is -4.44. The van der Waals surface area contributed by atoms with Gasteiger partial charge in [-0.3, -0.25) is 14.9 Å². The average molecular weight is 519 g/mol. The largest absolute Gasteiger partial charge is 0.497 e. The molecule has 0 aliphatic rings. The Bertz CT molecular complexity index is 1390. The molecular weight excluding hydrogens is 492 g/mol. The van der Waals surface area contributed by atoms with Crippen LogP contribution in [0.3, 0.4) is 0 Å². The summed E-state index contributed by atoms with van der Waals surface area (Å²) in [5.74, 6) is 1.11. The lowest BCUT2D eigenvalue weighted by Crippen LogP contribution is -2.15. The predicted octanol–water partition coefficient (Wildman–Crippen LogP) is 5.52. The van der Waals surface area contributed by atoms with Crippen LogP contribution in [0.15, 0.2) is 66.7 Å². The highest BCUT2D eigenvalue weighted by atomic mass is 32.1. The van der Waals surface area contributed by atoms with Crippen LogP contribution in [0.5, 0.6) is 17.2 Å². The van der Waals surface area contributed by atoms with Gasteiger partial charge in [0.1, 0.15) is 10.8 Å². The number of benzene rings is 3. The van der Waals surface area contributed by atoms with Gasteiger partial charge < -0.3 is 19.5 Å². The third-order valence-corrected chi connectivity index (χ3v) is 6.06. The maximum absolute atomic E-state index is 12.9. The molecule has 4 aromatic rings. The summed E-state index contributed by atoms with van der Waals surface area (Å²) in [5.41, 5.74) is 2.10. The molecule has 190 valence electrons. The first-order valence-electron chi connectivity index (χ1n) is 11.6. The van der Waals surface area contributed by atoms with Crippen LogP contribution in [0.4, 0.5) is 10.8 Å². The van der Waals surface area contributed by atoms with E-state index in [1.807, 2.05) is 38.1 Å². The Labute approximate surface area is 218 Å². The van der Waals surface area contributed by atoms with Crippen molar-refractivity contribution in [1.29, 1.82) is 0 Å². The monoisotopic (exact) mass is 518 g/mol. The van der Waals surface area contributed by atoms with Crippen molar-refractivity contribution < 1.29 is 23.8 Å². The highest BCUT2D eigenvalue weighted by molar-refractivity contribution is 7.18. The fourth-order valence-electron chi connectivity index (χ4n) is 3.43. The summed E-state index contributed by atoms with van der Waals surface area (Å²) in [6.07, 6.45) is 0. The standard InChI is InChI=1S/C27H26N4O5S/c1-4-35-22-14-11-19(16-23(22)36-5-2)24(32)28-20-8-6-7-18(15-20)25(33)29-27-31-30-26(37-27)17-9-12-21(34-3)13-10-17/h6-16H,4-5H2,1-3H3,(H,28,32)(H,29,31,33). The number of aromatic nitrogens is 2. The summed E-state index contributed by atoms with van der Waals surface area (Å²) in [7, 11) is 1.60. The van der Waals surface area contributed by atoms with E-state index >= 15 is 0 Å². The third-order valence-electron chi connectivity index (χ3n) is 5.17. The molecule has 4 rings (SSSR count). The van der Waals surface area contributed by atoms with Gasteiger partial charge >= 0.3 is 0 Å². The predicted molar refractivity (Wildman–Crippen MR) is 143 cm³/mol. The van der Waals surface area contributed by atoms with Crippen molar-refractivity contribution in [1.82, 2.24) is 10.2 Å². The first-order valence-corrected chi connectivity index (χ1v) is 12.4. The molecule has 0 bridgehead atoms. The van der Waals surface area contributed by atoms with Gasteiger partial charge in [-0.1, -0.05) is 17.4 Å². The minimum absolute atomic E-state index is 0.338. The molecular formula is C27H26N4O5S. The lowest BCUT2D eigenvalue weighted by molar-refractivity contribution is 0.101. The van der Waals surface area contributed by atoms with E-state index in [-0.39, 0.29) is 11.8 Å². The number of carbonyl (C=O) groups excluding carboxylic acids is 2. The van der Waals surface area contributed by atoms with Crippen LogP contribution in [0.1, 0.15) is 34.6 Å². The van der Waals surface area contributed by atoms with Crippen LogP contribution < -0.4 is 24.8 Å². The molecule has 0 aliphatic carbocycles. The second-order valence-corrected chi connectivity index (χ2v) is 8.63. The van der Waals surface area contributed by atoms with E-state index in [0.29, 0.717) is 51.7 Å². The number of amides is 2. The number of ether oxygens (including phenoxy) is 3. The molecule has 37 heavy (non-hydrogen) atoms. The number of hydrogen-bond donors (Lipinski definition) is 2. The van der Waals surface area contributed by atoms with Crippen LogP contribution in [0.25, 0.3) is 10.6 Å². The van der Waals surface area contributed by atoms with Gasteiger partial charge in [-0.15, -0.1) is 10.2 Å². The summed E-state index contributed by atoms with van der Waals surface area (Å²) in [6, 6.07) is 19.1. The molecule has 2 amide bonds. The quantitative estimate of drug-likeness (QED) is 0.284. The molecule has 0 saturated heterocycles. The number of nitrogens with zero attached hydrogens (tertiary/aromatic N) is 2. The zero-order valence-corrected chi connectivity index (χ0v) is 21.4. The van der Waals surface area contributed by atoms with E-state index in [4.69, 9.17) is 14.2 Å². The summed E-state index contributed by atoms with van der Waals surface area (Å²) in [5, 5.41) is 14.8. The van der Waals surface area contributed by atoms with Crippen molar-refractivity contribution in [2.24, 2.45) is 0 Å². The number of anilines is 2. The lowest BCUT2D eigenvalue weighted by atomic mass is 10.1. The van der Waals surface area contributed by atoms with E-state index in [2.05, 4.69) is 20.8 Å². The summed E-state index contributed by atoms with van der Waals surface area (Å²) >= 11 is 1.26. The Kier molecular flexibility index (Phi) is 8.32. The number of methoxy groups -OCH3 is 1. The van der Waals surface area contributed by atoms with Gasteiger partial charge in [-0.05, 0) is 74.5 Å². The van der Waals surface area contributed by atoms with Crippen molar-refractivity contribution in [3.8, 4) is 27.8 Å². The highest BCUT2D eigenvalue weighted by Crippen LogP contribution is 2.30. The van der Waals surface area contributed by atoms with E-state index in [0.717, 1.165) is 11.3 Å². The van der Waals surface area contributed by atoms with Gasteiger partial charge in [-0.2, -0.15) is 0 Å². The van der Waals surface area contributed by atoms with Gasteiger partial charge in [-0.25, -0.2) is 0 Å². The topological polar surface area (TPSA) is 112 Å². The fraction of sp³-hybridized carbons (Fsp3) is 0.185. The smallest absolute Gasteiger partial charge is 0.257 e. The molecule has 0 saturated carbocycles. The van der Waals surface area contributed by atoms with Crippen molar-refractivity contribution in [3.63, 3.8) is 0 Å². The zero-order chi connectivity index (χ0) is 26.2. The molecule has 10 heteroatoms. The van der Waals surface area contributed by atoms with E-state index in [9.17, 15) is 9.59 Å². The van der Waals surface area contributed by atoms with Crippen LogP contribution in [-0.2, 0) is 0 Å². The van der Waals surface area contributed by atoms with Crippen molar-refractivity contribution in [2.45, 2.75) is 13.8 Å². The Morgan fingerprint density at radius 3 is 2.24 bits per heavy atom. The van der Waals surface area contributed by atoms with Gasteiger partial charge in [0.25, 0.3) is 11.8 Å². The molecule has 2 N–H and O–H groups in total. The maximum atomic E-state index is 12.9. The SMILES string of the molecule is CCOc1ccc(C(=O)Nc2cccc(C(=O)Nc3nnc(-c4ccc(OC)cc4)s3)c2)cc1OCC. The molecule has 9 nitrogen and oxygen atoms in total. The molecule has 3 aromatic carbocycles. The molecule has 0 atom stereocenters. The Morgan fingerprint density at radius 1 is 0.811 bits per heavy atom. The fourth-order valence-corrected chi connectivity index (χ4v) is 4.17. The zero-order valence-electron chi connectivity index (χ0n) is 20.6. The summed E-state index contributed by atoms with van der Waals surface area (Å²) in [6.45, 7) is 4.67. The van der Waals surface area contributed by atoms with Crippen LogP contribution in [0, 0.1) is 0 Å². The Balaban J connectivity index is 1.43. The van der Waals surface area contributed by atoms with E-state index < -0.39 is 0 Å². The normalized spacial score (nSPS) is 10.5. The second kappa shape index (κ2) is 12.0. The number of hydrogen-bond acceptors (Lipinski definition) is 8. The maximum Gasteiger partial charge on any atom is 0.257 e. The molecule has 1 aromatic heterocycles. The van der Waals surface area contributed by atoms with E-state index in [1.54, 1.807) is 49.6 Å². The van der Waals surface area contributed by atoms with Gasteiger partial charge in [0.05, 0.1) is 20.3 Å².